The first kappa shape index (κ1) is 14.2. The fraction of sp³-hybridized carbons (Fsp3) is 0.267. The van der Waals surface area contributed by atoms with Crippen molar-refractivity contribution in [1.82, 2.24) is 9.97 Å². The fourth-order valence-corrected chi connectivity index (χ4v) is 2.06. The summed E-state index contributed by atoms with van der Waals surface area (Å²) in [4.78, 5) is 20.1. The highest BCUT2D eigenvalue weighted by Gasteiger charge is 2.09. The van der Waals surface area contributed by atoms with Gasteiger partial charge in [0.05, 0.1) is 23.7 Å². The lowest BCUT2D eigenvalue weighted by Crippen LogP contribution is -2.16. The number of hydrogen-bond donors (Lipinski definition) is 0. The maximum absolute atomic E-state index is 11.5. The van der Waals surface area contributed by atoms with E-state index in [1.807, 2.05) is 12.1 Å². The molecule has 0 aromatic carbocycles. The van der Waals surface area contributed by atoms with Crippen LogP contribution >= 0.6 is 0 Å². The third kappa shape index (κ3) is 3.43. The van der Waals surface area contributed by atoms with E-state index in [4.69, 9.17) is 0 Å². The number of aromatic nitrogens is 2. The molecule has 0 fully saturated rings. The largest absolute Gasteiger partial charge is 0.465 e. The molecule has 0 saturated heterocycles. The van der Waals surface area contributed by atoms with Gasteiger partial charge in [-0.15, -0.1) is 5.54 Å². The van der Waals surface area contributed by atoms with Crippen molar-refractivity contribution in [3.63, 3.8) is 0 Å². The number of carbonyl (C=O) groups excluding carboxylic acids is 1. The van der Waals surface area contributed by atoms with Crippen LogP contribution in [-0.2, 0) is 4.74 Å². The number of methoxy groups -OCH3 is 1. The topological polar surface area (TPSA) is 52.1 Å². The summed E-state index contributed by atoms with van der Waals surface area (Å²) in [5.41, 5.74) is 5.74. The summed E-state index contributed by atoms with van der Waals surface area (Å²) >= 11 is 0. The quantitative estimate of drug-likeness (QED) is 0.459. The van der Waals surface area contributed by atoms with Gasteiger partial charge < -0.3 is 4.74 Å². The third-order valence-corrected chi connectivity index (χ3v) is 3.40. The number of esters is 1. The van der Waals surface area contributed by atoms with Crippen molar-refractivity contribution in [2.45, 2.75) is 19.6 Å². The Kier molecular flexibility index (Phi) is 3.86. The second kappa shape index (κ2) is 5.43. The van der Waals surface area contributed by atoms with Crippen molar-refractivity contribution in [2.75, 3.05) is 7.11 Å². The van der Waals surface area contributed by atoms with Gasteiger partial charge in [0.1, 0.15) is 13.8 Å². The predicted octanol–water partition coefficient (Wildman–Crippen LogP) is 2.65. The van der Waals surface area contributed by atoms with E-state index in [1.54, 1.807) is 6.07 Å². The van der Waals surface area contributed by atoms with E-state index >= 15 is 0 Å². The molecule has 2 aromatic rings. The van der Waals surface area contributed by atoms with E-state index in [9.17, 15) is 4.79 Å². The molecule has 0 spiro atoms. The summed E-state index contributed by atoms with van der Waals surface area (Å²) in [5.74, 6) is 2.68. The Hall–Kier alpha value is -2.19. The Morgan fingerprint density at radius 2 is 2.00 bits per heavy atom. The van der Waals surface area contributed by atoms with Crippen molar-refractivity contribution in [3.8, 4) is 11.5 Å². The van der Waals surface area contributed by atoms with Crippen LogP contribution in [0.2, 0.25) is 19.6 Å². The molecule has 4 nitrogen and oxygen atoms in total. The second-order valence-corrected chi connectivity index (χ2v) is 10.2. The van der Waals surface area contributed by atoms with Gasteiger partial charge in [-0.25, -0.2) is 9.78 Å². The molecule has 0 amide bonds. The van der Waals surface area contributed by atoms with E-state index in [1.165, 1.54) is 13.3 Å². The lowest BCUT2D eigenvalue weighted by Gasteiger charge is -2.04. The van der Waals surface area contributed by atoms with Crippen molar-refractivity contribution < 1.29 is 9.53 Å². The Bertz CT molecular complexity index is 724. The Morgan fingerprint density at radius 1 is 1.25 bits per heavy atom. The summed E-state index contributed by atoms with van der Waals surface area (Å²) in [5, 5.41) is 0. The number of hydrogen-bond acceptors (Lipinski definition) is 4. The zero-order chi connectivity index (χ0) is 14.8. The molecule has 0 N–H and O–H groups in total. The second-order valence-electron chi connectivity index (χ2n) is 5.45. The number of rotatable bonds is 1. The van der Waals surface area contributed by atoms with E-state index in [-0.39, 0.29) is 0 Å². The van der Waals surface area contributed by atoms with Crippen molar-refractivity contribution in [2.24, 2.45) is 0 Å². The zero-order valence-electron chi connectivity index (χ0n) is 12.0. The number of carbonyl (C=O) groups is 1. The highest BCUT2D eigenvalue weighted by Crippen LogP contribution is 2.12. The SMILES string of the molecule is COC(=O)c1cnc2ccc(C#C[Si](C)(C)C)nc2c1. The van der Waals surface area contributed by atoms with E-state index in [0.29, 0.717) is 16.8 Å². The standard InChI is InChI=1S/C15H16N2O2Si/c1-19-15(18)11-9-14-13(16-10-11)6-5-12(17-14)7-8-20(2,3)4/h5-6,9-10H,1-4H3. The van der Waals surface area contributed by atoms with Crippen LogP contribution in [0.1, 0.15) is 16.1 Å². The van der Waals surface area contributed by atoms with Gasteiger partial charge in [-0.05, 0) is 18.2 Å². The van der Waals surface area contributed by atoms with Crippen LogP contribution in [0.4, 0.5) is 0 Å². The number of fused-ring (bicyclic) bond motifs is 1. The lowest BCUT2D eigenvalue weighted by molar-refractivity contribution is 0.0600. The van der Waals surface area contributed by atoms with Gasteiger partial charge >= 0.3 is 5.97 Å². The van der Waals surface area contributed by atoms with Gasteiger partial charge in [0.25, 0.3) is 0 Å². The van der Waals surface area contributed by atoms with Crippen LogP contribution in [0.5, 0.6) is 0 Å². The molecule has 0 saturated carbocycles. The van der Waals surface area contributed by atoms with Gasteiger partial charge in [-0.1, -0.05) is 25.6 Å². The lowest BCUT2D eigenvalue weighted by atomic mass is 10.2. The van der Waals surface area contributed by atoms with Crippen molar-refractivity contribution >= 4 is 25.1 Å². The molecule has 0 aliphatic rings. The first-order valence-electron chi connectivity index (χ1n) is 6.27. The first-order valence-corrected chi connectivity index (χ1v) is 9.77. The summed E-state index contributed by atoms with van der Waals surface area (Å²) in [6, 6.07) is 5.38. The first-order chi connectivity index (χ1) is 9.39. The molecule has 2 aromatic heterocycles. The molecular formula is C15H16N2O2Si. The highest BCUT2D eigenvalue weighted by molar-refractivity contribution is 6.83. The maximum Gasteiger partial charge on any atom is 0.339 e. The Morgan fingerprint density at radius 3 is 2.65 bits per heavy atom. The van der Waals surface area contributed by atoms with Crippen LogP contribution < -0.4 is 0 Å². The highest BCUT2D eigenvalue weighted by atomic mass is 28.3. The summed E-state index contributed by atoms with van der Waals surface area (Å²) in [7, 11) is -0.0899. The van der Waals surface area contributed by atoms with Crippen molar-refractivity contribution in [1.29, 1.82) is 0 Å². The fourth-order valence-electron chi connectivity index (χ4n) is 1.56. The van der Waals surface area contributed by atoms with Gasteiger partial charge in [0, 0.05) is 6.20 Å². The van der Waals surface area contributed by atoms with Crippen LogP contribution in [0.3, 0.4) is 0 Å². The molecule has 0 radical (unpaired) electrons. The van der Waals surface area contributed by atoms with Gasteiger partial charge in [-0.3, -0.25) is 4.98 Å². The minimum Gasteiger partial charge on any atom is -0.465 e. The molecule has 2 heterocycles. The van der Waals surface area contributed by atoms with Crippen LogP contribution in [0.15, 0.2) is 24.4 Å². The molecule has 2 rings (SSSR count). The summed E-state index contributed by atoms with van der Waals surface area (Å²) in [6.45, 7) is 6.54. The number of pyridine rings is 2. The molecule has 20 heavy (non-hydrogen) atoms. The smallest absolute Gasteiger partial charge is 0.339 e. The molecule has 0 aliphatic carbocycles. The number of ether oxygens (including phenoxy) is 1. The molecule has 5 heteroatoms. The van der Waals surface area contributed by atoms with E-state index in [2.05, 4.69) is 45.8 Å². The maximum atomic E-state index is 11.5. The van der Waals surface area contributed by atoms with Gasteiger partial charge in [0.2, 0.25) is 0 Å². The number of nitrogens with zero attached hydrogens (tertiary/aromatic N) is 2. The van der Waals surface area contributed by atoms with Gasteiger partial charge in [-0.2, -0.15) is 0 Å². The minimum atomic E-state index is -1.43. The molecular weight excluding hydrogens is 268 g/mol. The molecule has 0 atom stereocenters. The van der Waals surface area contributed by atoms with Gasteiger partial charge in [0.15, 0.2) is 0 Å². The van der Waals surface area contributed by atoms with Crippen LogP contribution in [-0.4, -0.2) is 31.1 Å². The van der Waals surface area contributed by atoms with E-state index < -0.39 is 14.0 Å². The van der Waals surface area contributed by atoms with Crippen LogP contribution in [0.25, 0.3) is 11.0 Å². The molecule has 0 unspecified atom stereocenters. The van der Waals surface area contributed by atoms with Crippen LogP contribution in [0, 0.1) is 11.5 Å². The Labute approximate surface area is 119 Å². The average molecular weight is 284 g/mol. The van der Waals surface area contributed by atoms with E-state index in [0.717, 1.165) is 5.52 Å². The molecule has 0 bridgehead atoms. The molecule has 102 valence electrons. The summed E-state index contributed by atoms with van der Waals surface area (Å²) in [6.07, 6.45) is 1.49. The normalized spacial score (nSPS) is 10.8. The molecule has 0 aliphatic heterocycles. The third-order valence-electron chi connectivity index (χ3n) is 2.52. The zero-order valence-corrected chi connectivity index (χ0v) is 13.0. The summed E-state index contributed by atoms with van der Waals surface area (Å²) < 4.78 is 4.68. The minimum absolute atomic E-state index is 0.391. The monoisotopic (exact) mass is 284 g/mol. The Balaban J connectivity index is 2.46. The van der Waals surface area contributed by atoms with Crippen molar-refractivity contribution in [3.05, 3.63) is 35.7 Å². The predicted molar refractivity (Wildman–Crippen MR) is 81.1 cm³/mol. The average Bonchev–Trinajstić information content (AvgIpc) is 2.42.